The second-order valence-electron chi connectivity index (χ2n) is 9.47. The number of hydrogen-bond acceptors (Lipinski definition) is 4. The molecule has 4 saturated carbocycles. The summed E-state index contributed by atoms with van der Waals surface area (Å²) in [5.41, 5.74) is 0.532. The van der Waals surface area contributed by atoms with E-state index in [1.165, 1.54) is 38.5 Å². The molecule has 4 bridgehead atoms. The molecular formula is C21H32N4O. The van der Waals surface area contributed by atoms with Gasteiger partial charge in [-0.25, -0.2) is 0 Å². The average Bonchev–Trinajstić information content (AvgIpc) is 2.60. The summed E-state index contributed by atoms with van der Waals surface area (Å²) in [5.74, 6) is 2.43. The van der Waals surface area contributed by atoms with Crippen LogP contribution < -0.4 is 5.32 Å². The summed E-state index contributed by atoms with van der Waals surface area (Å²) in [6.45, 7) is 5.87. The van der Waals surface area contributed by atoms with Gasteiger partial charge in [-0.1, -0.05) is 0 Å². The van der Waals surface area contributed by atoms with E-state index < -0.39 is 0 Å². The molecule has 5 aliphatic rings. The van der Waals surface area contributed by atoms with Crippen LogP contribution in [-0.2, 0) is 4.79 Å². The molecule has 4 aliphatic carbocycles. The fourth-order valence-electron chi connectivity index (χ4n) is 6.41. The third-order valence-corrected chi connectivity index (χ3v) is 7.57. The summed E-state index contributed by atoms with van der Waals surface area (Å²) in [5, 5.41) is 12.7. The van der Waals surface area contributed by atoms with Crippen molar-refractivity contribution in [2.45, 2.75) is 51.5 Å². The number of piperazine rings is 1. The van der Waals surface area contributed by atoms with Gasteiger partial charge in [0, 0.05) is 38.4 Å². The molecule has 5 rings (SSSR count). The summed E-state index contributed by atoms with van der Waals surface area (Å²) >= 11 is 0. The van der Waals surface area contributed by atoms with E-state index in [-0.39, 0.29) is 22.9 Å². The number of likely N-dealkylation sites (N-methyl/N-ethyl adjacent to an activating group) is 1. The van der Waals surface area contributed by atoms with E-state index in [1.54, 1.807) is 6.20 Å². The Labute approximate surface area is 157 Å². The fraction of sp³-hybridized carbons (Fsp3) is 0.810. The van der Waals surface area contributed by atoms with Crippen LogP contribution in [0.25, 0.3) is 0 Å². The Morgan fingerprint density at radius 1 is 1.12 bits per heavy atom. The van der Waals surface area contributed by atoms with Crippen LogP contribution in [-0.4, -0.2) is 55.0 Å². The summed E-state index contributed by atoms with van der Waals surface area (Å²) in [7, 11) is 2.10. The van der Waals surface area contributed by atoms with Gasteiger partial charge in [0.25, 0.3) is 5.91 Å². The number of nitrogens with one attached hydrogen (secondary N) is 1. The van der Waals surface area contributed by atoms with Gasteiger partial charge in [0.05, 0.1) is 0 Å². The third-order valence-electron chi connectivity index (χ3n) is 7.57. The Kier molecular flexibility index (Phi) is 4.73. The number of nitrogens with zero attached hydrogens (tertiary/aromatic N) is 3. The minimum atomic E-state index is -0.185. The molecule has 0 radical (unpaired) electrons. The third kappa shape index (κ3) is 3.36. The van der Waals surface area contributed by atoms with Crippen LogP contribution in [0.2, 0.25) is 0 Å². The largest absolute Gasteiger partial charge is 0.374 e. The predicted molar refractivity (Wildman–Crippen MR) is 101 cm³/mol. The van der Waals surface area contributed by atoms with Crippen molar-refractivity contribution >= 4 is 5.91 Å². The SMILES string of the molecule is CC(NC(=O)/C(C#N)=C\N1CCN(C)CC1)C12CC3CC(CC(C3)C1)C2. The fourth-order valence-corrected chi connectivity index (χ4v) is 6.41. The molecule has 0 aromatic carbocycles. The summed E-state index contributed by atoms with van der Waals surface area (Å²) in [4.78, 5) is 17.2. The predicted octanol–water partition coefficient (Wildman–Crippen LogP) is 2.36. The summed E-state index contributed by atoms with van der Waals surface area (Å²) in [6.07, 6.45) is 9.81. The van der Waals surface area contributed by atoms with Crippen LogP contribution in [0, 0.1) is 34.5 Å². The maximum atomic E-state index is 12.8. The normalized spacial score (nSPS) is 38.1. The van der Waals surface area contributed by atoms with Gasteiger partial charge in [0.1, 0.15) is 11.6 Å². The van der Waals surface area contributed by atoms with E-state index in [0.717, 1.165) is 43.9 Å². The van der Waals surface area contributed by atoms with Crippen molar-refractivity contribution in [1.82, 2.24) is 15.1 Å². The first kappa shape index (κ1) is 17.9. The Morgan fingerprint density at radius 2 is 1.65 bits per heavy atom. The van der Waals surface area contributed by atoms with Gasteiger partial charge in [-0.15, -0.1) is 0 Å². The Bertz CT molecular complexity index is 591. The van der Waals surface area contributed by atoms with Gasteiger partial charge in [0.2, 0.25) is 0 Å². The zero-order chi connectivity index (χ0) is 18.3. The lowest BCUT2D eigenvalue weighted by molar-refractivity contribution is -0.122. The molecule has 1 heterocycles. The van der Waals surface area contributed by atoms with Crippen LogP contribution >= 0.6 is 0 Å². The zero-order valence-electron chi connectivity index (χ0n) is 16.2. The number of hydrogen-bond donors (Lipinski definition) is 1. The molecule has 1 atom stereocenters. The lowest BCUT2D eigenvalue weighted by atomic mass is 9.48. The lowest BCUT2D eigenvalue weighted by Crippen LogP contribution is -2.56. The molecule has 1 saturated heterocycles. The molecule has 1 aliphatic heterocycles. The van der Waals surface area contributed by atoms with E-state index in [4.69, 9.17) is 0 Å². The monoisotopic (exact) mass is 356 g/mol. The number of carbonyl (C=O) groups is 1. The van der Waals surface area contributed by atoms with Gasteiger partial charge >= 0.3 is 0 Å². The highest BCUT2D eigenvalue weighted by molar-refractivity contribution is 5.97. The molecule has 0 aromatic rings. The van der Waals surface area contributed by atoms with Crippen molar-refractivity contribution in [2.24, 2.45) is 23.2 Å². The number of nitriles is 1. The first-order valence-electron chi connectivity index (χ1n) is 10.3. The van der Waals surface area contributed by atoms with Crippen LogP contribution in [0.15, 0.2) is 11.8 Å². The van der Waals surface area contributed by atoms with Crippen LogP contribution in [0.4, 0.5) is 0 Å². The molecule has 5 heteroatoms. The summed E-state index contributed by atoms with van der Waals surface area (Å²) in [6, 6.07) is 2.29. The van der Waals surface area contributed by atoms with Gasteiger partial charge in [-0.3, -0.25) is 4.79 Å². The van der Waals surface area contributed by atoms with Crippen LogP contribution in [0.5, 0.6) is 0 Å². The Hall–Kier alpha value is -1.54. The van der Waals surface area contributed by atoms with Crippen molar-refractivity contribution in [2.75, 3.05) is 33.2 Å². The highest BCUT2D eigenvalue weighted by atomic mass is 16.1. The van der Waals surface area contributed by atoms with E-state index in [0.29, 0.717) is 0 Å². The maximum Gasteiger partial charge on any atom is 0.263 e. The quantitative estimate of drug-likeness (QED) is 0.621. The lowest BCUT2D eigenvalue weighted by Gasteiger charge is -2.59. The topological polar surface area (TPSA) is 59.4 Å². The standard InChI is InChI=1S/C21H32N4O/c1-15(21-10-16-7-17(11-21)9-18(8-16)12-21)23-20(26)19(13-22)14-25-5-3-24(2)4-6-25/h14-18H,3-12H2,1-2H3,(H,23,26)/b19-14-. The van der Waals surface area contributed by atoms with E-state index in [1.807, 2.05) is 0 Å². The molecule has 1 amide bonds. The van der Waals surface area contributed by atoms with E-state index >= 15 is 0 Å². The molecule has 5 nitrogen and oxygen atoms in total. The second kappa shape index (κ2) is 6.88. The first-order valence-corrected chi connectivity index (χ1v) is 10.3. The molecule has 5 fully saturated rings. The number of amides is 1. The molecule has 26 heavy (non-hydrogen) atoms. The smallest absolute Gasteiger partial charge is 0.263 e. The molecule has 142 valence electrons. The molecule has 0 aromatic heterocycles. The average molecular weight is 357 g/mol. The number of carbonyl (C=O) groups excluding carboxylic acids is 1. The molecule has 1 unspecified atom stereocenters. The van der Waals surface area contributed by atoms with E-state index in [9.17, 15) is 10.1 Å². The van der Waals surface area contributed by atoms with Crippen LogP contribution in [0.1, 0.15) is 45.4 Å². The second-order valence-corrected chi connectivity index (χ2v) is 9.47. The molecule has 1 N–H and O–H groups in total. The Balaban J connectivity index is 1.41. The highest BCUT2D eigenvalue weighted by Gasteiger charge is 2.53. The van der Waals surface area contributed by atoms with Gasteiger partial charge < -0.3 is 15.1 Å². The van der Waals surface area contributed by atoms with Gasteiger partial charge in [-0.2, -0.15) is 5.26 Å². The van der Waals surface area contributed by atoms with Gasteiger partial charge in [-0.05, 0) is 75.7 Å². The minimum absolute atomic E-state index is 0.160. The van der Waals surface area contributed by atoms with Crippen molar-refractivity contribution in [3.63, 3.8) is 0 Å². The summed E-state index contributed by atoms with van der Waals surface area (Å²) < 4.78 is 0. The highest BCUT2D eigenvalue weighted by Crippen LogP contribution is 2.61. The minimum Gasteiger partial charge on any atom is -0.374 e. The van der Waals surface area contributed by atoms with Gasteiger partial charge in [0.15, 0.2) is 0 Å². The van der Waals surface area contributed by atoms with Crippen molar-refractivity contribution in [3.8, 4) is 6.07 Å². The van der Waals surface area contributed by atoms with Crippen LogP contribution in [0.3, 0.4) is 0 Å². The van der Waals surface area contributed by atoms with E-state index in [2.05, 4.69) is 35.2 Å². The molecule has 0 spiro atoms. The Morgan fingerprint density at radius 3 is 2.15 bits per heavy atom. The van der Waals surface area contributed by atoms with Crippen molar-refractivity contribution in [1.29, 1.82) is 5.26 Å². The first-order chi connectivity index (χ1) is 12.5. The van der Waals surface area contributed by atoms with Crippen molar-refractivity contribution < 1.29 is 4.79 Å². The maximum absolute atomic E-state index is 12.8. The molecular weight excluding hydrogens is 324 g/mol. The zero-order valence-corrected chi connectivity index (χ0v) is 16.2. The van der Waals surface area contributed by atoms with Crippen molar-refractivity contribution in [3.05, 3.63) is 11.8 Å². The number of rotatable bonds is 4.